The second-order valence-corrected chi connectivity index (χ2v) is 6.29. The number of esters is 1. The van der Waals surface area contributed by atoms with Gasteiger partial charge in [-0.15, -0.1) is 0 Å². The van der Waals surface area contributed by atoms with Crippen molar-refractivity contribution in [3.05, 3.63) is 83.7 Å². The van der Waals surface area contributed by atoms with Crippen LogP contribution in [0.2, 0.25) is 0 Å². The van der Waals surface area contributed by atoms with Gasteiger partial charge in [0.2, 0.25) is 0 Å². The molecule has 0 spiro atoms. The van der Waals surface area contributed by atoms with Crippen LogP contribution in [0.1, 0.15) is 24.1 Å². The maximum absolute atomic E-state index is 13.5. The molecule has 5 heteroatoms. The van der Waals surface area contributed by atoms with E-state index in [9.17, 15) is 14.0 Å². The van der Waals surface area contributed by atoms with Crippen molar-refractivity contribution in [2.45, 2.75) is 19.4 Å². The normalized spacial score (nSPS) is 11.8. The maximum atomic E-state index is 13.5. The number of rotatable bonds is 6. The summed E-state index contributed by atoms with van der Waals surface area (Å²) in [5.41, 5.74) is 1.23. The average Bonchev–Trinajstić information content (AvgIpc) is 2.67. The minimum Gasteiger partial charge on any atom is -0.455 e. The number of nitrogens with one attached hydrogen (secondary N) is 1. The van der Waals surface area contributed by atoms with Gasteiger partial charge in [-0.05, 0) is 34.9 Å². The van der Waals surface area contributed by atoms with Crippen LogP contribution in [0.5, 0.6) is 0 Å². The minimum absolute atomic E-state index is 0.209. The highest BCUT2D eigenvalue weighted by atomic mass is 19.1. The monoisotopic (exact) mass is 365 g/mol. The van der Waals surface area contributed by atoms with Crippen molar-refractivity contribution >= 4 is 22.6 Å². The lowest BCUT2D eigenvalue weighted by molar-refractivity contribution is -0.148. The van der Waals surface area contributed by atoms with Crippen LogP contribution < -0.4 is 5.32 Å². The van der Waals surface area contributed by atoms with E-state index in [1.807, 2.05) is 49.4 Å². The van der Waals surface area contributed by atoms with Gasteiger partial charge in [0, 0.05) is 0 Å². The van der Waals surface area contributed by atoms with Crippen molar-refractivity contribution in [3.63, 3.8) is 0 Å². The number of halogens is 1. The zero-order chi connectivity index (χ0) is 19.2. The van der Waals surface area contributed by atoms with Crippen molar-refractivity contribution in [2.75, 3.05) is 6.61 Å². The quantitative estimate of drug-likeness (QED) is 0.673. The Bertz CT molecular complexity index is 965. The number of benzene rings is 3. The molecule has 0 aliphatic carbocycles. The summed E-state index contributed by atoms with van der Waals surface area (Å²) < 4.78 is 18.5. The number of carbonyl (C=O) groups is 2. The molecule has 3 rings (SSSR count). The van der Waals surface area contributed by atoms with Gasteiger partial charge in [0.25, 0.3) is 5.91 Å². The van der Waals surface area contributed by atoms with Gasteiger partial charge in [0.05, 0.1) is 12.5 Å². The Morgan fingerprint density at radius 1 is 1.00 bits per heavy atom. The highest BCUT2D eigenvalue weighted by molar-refractivity contribution is 5.87. The molecule has 1 amide bonds. The molecular formula is C22H20FNO3. The van der Waals surface area contributed by atoms with E-state index >= 15 is 0 Å². The zero-order valence-electron chi connectivity index (χ0n) is 14.9. The Morgan fingerprint density at radius 2 is 1.70 bits per heavy atom. The first-order chi connectivity index (χ1) is 13.0. The molecular weight excluding hydrogens is 345 g/mol. The van der Waals surface area contributed by atoms with Gasteiger partial charge in [-0.3, -0.25) is 9.59 Å². The maximum Gasteiger partial charge on any atom is 0.310 e. The Morgan fingerprint density at radius 3 is 2.52 bits per heavy atom. The van der Waals surface area contributed by atoms with Crippen molar-refractivity contribution in [1.82, 2.24) is 5.32 Å². The fourth-order valence-corrected chi connectivity index (χ4v) is 2.98. The van der Waals surface area contributed by atoms with Crippen LogP contribution in [0.3, 0.4) is 0 Å². The second kappa shape index (κ2) is 8.45. The molecule has 0 bridgehead atoms. The fourth-order valence-electron chi connectivity index (χ4n) is 2.98. The predicted octanol–water partition coefficient (Wildman–Crippen LogP) is 3.94. The lowest BCUT2D eigenvalue weighted by atomic mass is 10.00. The topological polar surface area (TPSA) is 55.4 Å². The zero-order valence-corrected chi connectivity index (χ0v) is 14.9. The Labute approximate surface area is 157 Å². The van der Waals surface area contributed by atoms with E-state index < -0.39 is 24.3 Å². The average molecular weight is 365 g/mol. The summed E-state index contributed by atoms with van der Waals surface area (Å²) in [6, 6.07) is 19.6. The van der Waals surface area contributed by atoms with Crippen LogP contribution in [0.25, 0.3) is 10.8 Å². The van der Waals surface area contributed by atoms with Crippen molar-refractivity contribution < 1.29 is 18.7 Å². The molecule has 27 heavy (non-hydrogen) atoms. The first-order valence-corrected chi connectivity index (χ1v) is 8.70. The molecule has 0 aliphatic heterocycles. The predicted molar refractivity (Wildman–Crippen MR) is 102 cm³/mol. The third-order valence-corrected chi connectivity index (χ3v) is 4.32. The molecule has 1 atom stereocenters. The summed E-state index contributed by atoms with van der Waals surface area (Å²) in [6.07, 6.45) is -0.209. The summed E-state index contributed by atoms with van der Waals surface area (Å²) in [6.45, 7) is 1.48. The van der Waals surface area contributed by atoms with Gasteiger partial charge in [0.15, 0.2) is 6.61 Å². The van der Waals surface area contributed by atoms with Crippen molar-refractivity contribution in [3.8, 4) is 0 Å². The Kier molecular flexibility index (Phi) is 5.81. The minimum atomic E-state index is -0.645. The van der Waals surface area contributed by atoms with Gasteiger partial charge < -0.3 is 10.1 Å². The molecule has 1 N–H and O–H groups in total. The Hall–Kier alpha value is -3.21. The molecule has 138 valence electrons. The van der Waals surface area contributed by atoms with Crippen LogP contribution in [0.4, 0.5) is 4.39 Å². The van der Waals surface area contributed by atoms with Gasteiger partial charge in [0.1, 0.15) is 5.82 Å². The number of fused-ring (bicyclic) bond motifs is 1. The standard InChI is InChI=1S/C22H20FNO3/c1-15(18-11-6-9-16-7-2-4-10-19(16)18)24-21(25)14-27-22(26)13-17-8-3-5-12-20(17)23/h2-12,15H,13-14H2,1H3,(H,24,25). The highest BCUT2D eigenvalue weighted by Gasteiger charge is 2.15. The van der Waals surface area contributed by atoms with Gasteiger partial charge >= 0.3 is 5.97 Å². The number of amides is 1. The van der Waals surface area contributed by atoms with Crippen LogP contribution in [0, 0.1) is 5.82 Å². The summed E-state index contributed by atoms with van der Waals surface area (Å²) in [5.74, 6) is -1.52. The van der Waals surface area contributed by atoms with E-state index in [2.05, 4.69) is 5.32 Å². The first-order valence-electron chi connectivity index (χ1n) is 8.70. The number of carbonyl (C=O) groups excluding carboxylic acids is 2. The number of ether oxygens (including phenoxy) is 1. The third-order valence-electron chi connectivity index (χ3n) is 4.32. The summed E-state index contributed by atoms with van der Waals surface area (Å²) >= 11 is 0. The summed E-state index contributed by atoms with van der Waals surface area (Å²) in [5, 5.41) is 4.98. The summed E-state index contributed by atoms with van der Waals surface area (Å²) in [4.78, 5) is 24.0. The van der Waals surface area contributed by atoms with Gasteiger partial charge in [-0.25, -0.2) is 4.39 Å². The molecule has 0 saturated heterocycles. The van der Waals surface area contributed by atoms with E-state index in [0.717, 1.165) is 16.3 Å². The van der Waals surface area contributed by atoms with Crippen LogP contribution in [-0.4, -0.2) is 18.5 Å². The number of hydrogen-bond donors (Lipinski definition) is 1. The van der Waals surface area contributed by atoms with E-state index in [1.165, 1.54) is 12.1 Å². The fraction of sp³-hybridized carbons (Fsp3) is 0.182. The molecule has 0 heterocycles. The summed E-state index contributed by atoms with van der Waals surface area (Å²) in [7, 11) is 0. The first kappa shape index (κ1) is 18.6. The number of hydrogen-bond acceptors (Lipinski definition) is 3. The largest absolute Gasteiger partial charge is 0.455 e. The molecule has 3 aromatic rings. The second-order valence-electron chi connectivity index (χ2n) is 6.29. The lowest BCUT2D eigenvalue weighted by Crippen LogP contribution is -2.31. The van der Waals surface area contributed by atoms with Crippen LogP contribution in [-0.2, 0) is 20.7 Å². The molecule has 0 fully saturated rings. The highest BCUT2D eigenvalue weighted by Crippen LogP contribution is 2.23. The van der Waals surface area contributed by atoms with E-state index in [-0.39, 0.29) is 18.0 Å². The third kappa shape index (κ3) is 4.70. The molecule has 1 unspecified atom stereocenters. The van der Waals surface area contributed by atoms with Gasteiger partial charge in [-0.1, -0.05) is 60.7 Å². The lowest BCUT2D eigenvalue weighted by Gasteiger charge is -2.16. The van der Waals surface area contributed by atoms with Crippen molar-refractivity contribution in [1.29, 1.82) is 0 Å². The van der Waals surface area contributed by atoms with Crippen LogP contribution in [0.15, 0.2) is 66.7 Å². The molecule has 3 aromatic carbocycles. The molecule has 0 radical (unpaired) electrons. The van der Waals surface area contributed by atoms with E-state index in [4.69, 9.17) is 4.74 Å². The van der Waals surface area contributed by atoms with E-state index in [0.29, 0.717) is 0 Å². The van der Waals surface area contributed by atoms with Crippen molar-refractivity contribution in [2.24, 2.45) is 0 Å². The SMILES string of the molecule is CC(NC(=O)COC(=O)Cc1ccccc1F)c1cccc2ccccc12. The molecule has 0 aromatic heterocycles. The van der Waals surface area contributed by atoms with Crippen LogP contribution >= 0.6 is 0 Å². The Balaban J connectivity index is 1.56. The molecule has 4 nitrogen and oxygen atoms in total. The molecule has 0 saturated carbocycles. The van der Waals surface area contributed by atoms with Gasteiger partial charge in [-0.2, -0.15) is 0 Å². The smallest absolute Gasteiger partial charge is 0.310 e. The van der Waals surface area contributed by atoms with E-state index in [1.54, 1.807) is 12.1 Å². The molecule has 0 aliphatic rings.